The summed E-state index contributed by atoms with van der Waals surface area (Å²) in [5.41, 5.74) is 11.4. The lowest BCUT2D eigenvalue weighted by molar-refractivity contribution is 1.17. The Kier molecular flexibility index (Phi) is 6.22. The van der Waals surface area contributed by atoms with Crippen molar-refractivity contribution in [1.29, 1.82) is 5.26 Å². The van der Waals surface area contributed by atoms with E-state index in [4.69, 9.17) is 6.57 Å². The van der Waals surface area contributed by atoms with E-state index in [2.05, 4.69) is 129 Å². The maximum absolute atomic E-state index is 9.74. The Hall–Kier alpha value is -6.88. The summed E-state index contributed by atoms with van der Waals surface area (Å²) >= 11 is 0. The minimum atomic E-state index is 0.556. The van der Waals surface area contributed by atoms with Crippen LogP contribution in [0.2, 0.25) is 0 Å². The fourth-order valence-electron chi connectivity index (χ4n) is 7.40. The van der Waals surface area contributed by atoms with E-state index < -0.39 is 0 Å². The number of fused-ring (bicyclic) bond motifs is 6. The van der Waals surface area contributed by atoms with Crippen molar-refractivity contribution in [2.75, 3.05) is 0 Å². The van der Waals surface area contributed by atoms with Crippen molar-refractivity contribution in [3.63, 3.8) is 0 Å². The smallest absolute Gasteiger partial charge is 0.211 e. The molecule has 0 fully saturated rings. The van der Waals surface area contributed by atoms with Crippen LogP contribution >= 0.6 is 0 Å². The molecule has 4 nitrogen and oxygen atoms in total. The molecule has 0 unspecified atom stereocenters. The lowest BCUT2D eigenvalue weighted by Crippen LogP contribution is -2.02. The predicted molar refractivity (Wildman–Crippen MR) is 197 cm³/mol. The zero-order valence-corrected chi connectivity index (χ0v) is 25.8. The van der Waals surface area contributed by atoms with Crippen LogP contribution in [0.25, 0.3) is 82.1 Å². The molecule has 9 aromatic rings. The van der Waals surface area contributed by atoms with Gasteiger partial charge in [-0.25, -0.2) is 4.85 Å². The number of aromatic nitrogens is 2. The highest BCUT2D eigenvalue weighted by Gasteiger charge is 2.23. The number of hydrogen-bond acceptors (Lipinski definition) is 1. The zero-order chi connectivity index (χ0) is 32.2. The van der Waals surface area contributed by atoms with Gasteiger partial charge in [-0.2, -0.15) is 5.26 Å². The number of nitriles is 1. The first-order valence-corrected chi connectivity index (χ1v) is 15.9. The molecule has 0 N–H and O–H groups in total. The van der Waals surface area contributed by atoms with Crippen LogP contribution in [0.1, 0.15) is 5.56 Å². The van der Waals surface area contributed by atoms with E-state index in [9.17, 15) is 5.26 Å². The molecule has 0 atom stereocenters. The molecule has 4 heteroatoms. The van der Waals surface area contributed by atoms with E-state index in [-0.39, 0.29) is 0 Å². The molecule has 0 aliphatic rings. The summed E-state index contributed by atoms with van der Waals surface area (Å²) in [6.45, 7) is 8.34. The highest BCUT2D eigenvalue weighted by molar-refractivity contribution is 6.12. The first kappa shape index (κ1) is 27.4. The molecular weight excluding hydrogens is 585 g/mol. The Morgan fingerprint density at radius 1 is 0.500 bits per heavy atom. The van der Waals surface area contributed by atoms with Crippen LogP contribution in [-0.2, 0) is 0 Å². The molecule has 0 aliphatic heterocycles. The Labute approximate surface area is 277 Å². The van der Waals surface area contributed by atoms with Crippen LogP contribution in [0.3, 0.4) is 0 Å². The summed E-state index contributed by atoms with van der Waals surface area (Å²) in [6.07, 6.45) is 0. The van der Waals surface area contributed by atoms with Gasteiger partial charge in [-0.05, 0) is 59.2 Å². The summed E-state index contributed by atoms with van der Waals surface area (Å²) in [4.78, 5) is 4.09. The molecule has 0 bridgehead atoms. The van der Waals surface area contributed by atoms with Crippen LogP contribution in [-0.4, -0.2) is 9.13 Å². The second-order valence-electron chi connectivity index (χ2n) is 11.9. The molecule has 0 aliphatic carbocycles. The first-order chi connectivity index (χ1) is 23.8. The van der Waals surface area contributed by atoms with E-state index in [1.165, 1.54) is 10.8 Å². The fraction of sp³-hybridized carbons (Fsp3) is 0. The normalized spacial score (nSPS) is 11.3. The van der Waals surface area contributed by atoms with Gasteiger partial charge in [0.25, 0.3) is 0 Å². The predicted octanol–water partition coefficient (Wildman–Crippen LogP) is 11.6. The molecule has 222 valence electrons. The van der Waals surface area contributed by atoms with Crippen LogP contribution in [0.5, 0.6) is 0 Å². The number of nitrogens with zero attached hydrogens (tertiary/aromatic N) is 4. The van der Waals surface area contributed by atoms with Gasteiger partial charge in [-0.3, -0.25) is 0 Å². The lowest BCUT2D eigenvalue weighted by Gasteiger charge is -2.21. The molecule has 9 rings (SSSR count). The lowest BCUT2D eigenvalue weighted by atomic mass is 9.91. The first-order valence-electron chi connectivity index (χ1n) is 15.9. The average molecular weight is 611 g/mol. The molecule has 0 amide bonds. The molecule has 2 heterocycles. The maximum atomic E-state index is 9.74. The van der Waals surface area contributed by atoms with Crippen molar-refractivity contribution in [2.24, 2.45) is 0 Å². The molecular formula is C44H26N4. The largest absolute Gasteiger partial charge is 0.318 e. The van der Waals surface area contributed by atoms with Crippen LogP contribution in [0.4, 0.5) is 5.69 Å². The van der Waals surface area contributed by atoms with Crippen molar-refractivity contribution in [3.8, 4) is 39.7 Å². The molecule has 2 aromatic heterocycles. The molecule has 0 saturated heterocycles. The zero-order valence-electron chi connectivity index (χ0n) is 25.8. The van der Waals surface area contributed by atoms with E-state index in [1.807, 2.05) is 48.5 Å². The van der Waals surface area contributed by atoms with Crippen molar-refractivity contribution < 1.29 is 0 Å². The van der Waals surface area contributed by atoms with Crippen molar-refractivity contribution in [1.82, 2.24) is 9.13 Å². The maximum Gasteiger partial charge on any atom is 0.211 e. The van der Waals surface area contributed by atoms with E-state index in [0.717, 1.165) is 66.5 Å². The van der Waals surface area contributed by atoms with Crippen LogP contribution in [0.15, 0.2) is 158 Å². The third-order valence-electron chi connectivity index (χ3n) is 9.38. The fourth-order valence-corrected chi connectivity index (χ4v) is 7.40. The van der Waals surface area contributed by atoms with E-state index in [1.54, 1.807) is 0 Å². The summed E-state index contributed by atoms with van der Waals surface area (Å²) in [6, 6.07) is 56.6. The van der Waals surface area contributed by atoms with Gasteiger partial charge < -0.3 is 9.13 Å². The summed E-state index contributed by atoms with van der Waals surface area (Å²) in [5.74, 6) is 0. The van der Waals surface area contributed by atoms with Crippen molar-refractivity contribution in [3.05, 3.63) is 175 Å². The quantitative estimate of drug-likeness (QED) is 0.183. The molecule has 0 radical (unpaired) electrons. The van der Waals surface area contributed by atoms with Gasteiger partial charge in [-0.15, -0.1) is 0 Å². The highest BCUT2D eigenvalue weighted by atomic mass is 15.0. The minimum Gasteiger partial charge on any atom is -0.318 e. The monoisotopic (exact) mass is 610 g/mol. The molecule has 0 saturated carbocycles. The van der Waals surface area contributed by atoms with Gasteiger partial charge in [0.15, 0.2) is 0 Å². The van der Waals surface area contributed by atoms with E-state index in [0.29, 0.717) is 11.3 Å². The van der Waals surface area contributed by atoms with Crippen molar-refractivity contribution in [2.45, 2.75) is 0 Å². The van der Waals surface area contributed by atoms with Crippen LogP contribution < -0.4 is 0 Å². The molecule has 48 heavy (non-hydrogen) atoms. The van der Waals surface area contributed by atoms with Gasteiger partial charge in [0.2, 0.25) is 5.69 Å². The second kappa shape index (κ2) is 10.9. The van der Waals surface area contributed by atoms with Gasteiger partial charge in [0.1, 0.15) is 0 Å². The number of para-hydroxylation sites is 4. The Bertz CT molecular complexity index is 2750. The third kappa shape index (κ3) is 4.01. The molecule has 7 aromatic carbocycles. The number of rotatable bonds is 4. The minimum absolute atomic E-state index is 0.556. The highest BCUT2D eigenvalue weighted by Crippen LogP contribution is 2.46. The number of hydrogen-bond donors (Lipinski definition) is 0. The van der Waals surface area contributed by atoms with Gasteiger partial charge in [0, 0.05) is 27.1 Å². The van der Waals surface area contributed by atoms with Crippen molar-refractivity contribution >= 4 is 49.3 Å². The standard InChI is InChI=1S/C44H26N4/c1-46-37-20-11-19-35(44(37)48-40-23-10-7-17-33(40)36-27-29(28-45)25-26-41(36)48)34-18-12-24-42(43(34)30-13-3-2-4-14-30)47-38-21-8-5-15-31(38)32-16-6-9-22-39(32)47/h2-27H. The van der Waals surface area contributed by atoms with Gasteiger partial charge >= 0.3 is 0 Å². The second-order valence-corrected chi connectivity index (χ2v) is 11.9. The number of benzene rings is 7. The molecule has 0 spiro atoms. The SMILES string of the molecule is [C-]#[N+]c1cccc(-c2cccc(-n3c4ccccc4c4ccccc43)c2-c2ccccc2)c1-n1c2ccccc2c2cc(C#N)ccc21. The van der Waals surface area contributed by atoms with Crippen LogP contribution in [0, 0.1) is 17.9 Å². The van der Waals surface area contributed by atoms with Gasteiger partial charge in [-0.1, -0.05) is 115 Å². The van der Waals surface area contributed by atoms with Gasteiger partial charge in [0.05, 0.1) is 51.6 Å². The summed E-state index contributed by atoms with van der Waals surface area (Å²) in [7, 11) is 0. The Morgan fingerprint density at radius 3 is 1.73 bits per heavy atom. The third-order valence-corrected chi connectivity index (χ3v) is 9.38. The van der Waals surface area contributed by atoms with E-state index >= 15 is 0 Å². The average Bonchev–Trinajstić information content (AvgIpc) is 3.67. The topological polar surface area (TPSA) is 38.0 Å². The summed E-state index contributed by atoms with van der Waals surface area (Å²) in [5, 5.41) is 14.2. The Morgan fingerprint density at radius 2 is 1.06 bits per heavy atom. The Balaban J connectivity index is 1.43. The summed E-state index contributed by atoms with van der Waals surface area (Å²) < 4.78 is 4.58.